The third-order valence-corrected chi connectivity index (χ3v) is 2.82. The fraction of sp³-hybridized carbons (Fsp3) is 0.273. The van der Waals surface area contributed by atoms with Gasteiger partial charge in [-0.3, -0.25) is 9.59 Å². The molecule has 1 N–H and O–H groups in total. The molecule has 0 saturated heterocycles. The number of rotatable bonds is 4. The summed E-state index contributed by atoms with van der Waals surface area (Å²) in [6.07, 6.45) is -5.63. The molecule has 0 spiro atoms. The monoisotopic (exact) mass is 324 g/mol. The van der Waals surface area contributed by atoms with E-state index < -0.39 is 41.9 Å². The van der Waals surface area contributed by atoms with Crippen molar-refractivity contribution in [1.29, 1.82) is 0 Å². The fourth-order valence-corrected chi connectivity index (χ4v) is 1.99. The Labute approximate surface area is 109 Å². The predicted octanol–water partition coefficient (Wildman–Crippen LogP) is 3.52. The Kier molecular flexibility index (Phi) is 4.50. The lowest BCUT2D eigenvalue weighted by Crippen LogP contribution is -2.14. The van der Waals surface area contributed by atoms with Crippen LogP contribution in [0.5, 0.6) is 0 Å². The third-order valence-electron chi connectivity index (χ3n) is 2.16. The quantitative estimate of drug-likeness (QED) is 0.862. The number of carbonyl (C=O) groups excluding carboxylic acids is 1. The van der Waals surface area contributed by atoms with Crippen LogP contribution in [-0.2, 0) is 11.0 Å². The molecule has 0 bridgehead atoms. The summed E-state index contributed by atoms with van der Waals surface area (Å²) in [7, 11) is 0. The summed E-state index contributed by atoms with van der Waals surface area (Å²) in [5, 5.41) is 8.41. The molecule has 0 radical (unpaired) electrons. The van der Waals surface area contributed by atoms with Crippen molar-refractivity contribution in [3.8, 4) is 0 Å². The maximum absolute atomic E-state index is 12.8. The second-order valence-corrected chi connectivity index (χ2v) is 4.33. The zero-order valence-electron chi connectivity index (χ0n) is 8.92. The van der Waals surface area contributed by atoms with E-state index in [0.717, 1.165) is 6.07 Å². The number of halogens is 4. The highest BCUT2D eigenvalue weighted by Crippen LogP contribution is 2.37. The molecule has 7 heteroatoms. The van der Waals surface area contributed by atoms with Gasteiger partial charge >= 0.3 is 12.1 Å². The summed E-state index contributed by atoms with van der Waals surface area (Å²) in [4.78, 5) is 21.9. The average Bonchev–Trinajstić information content (AvgIpc) is 2.23. The number of hydrogen-bond acceptors (Lipinski definition) is 2. The van der Waals surface area contributed by atoms with E-state index in [1.54, 1.807) is 0 Å². The van der Waals surface area contributed by atoms with E-state index in [9.17, 15) is 22.8 Å². The molecule has 0 saturated carbocycles. The summed E-state index contributed by atoms with van der Waals surface area (Å²) in [6.45, 7) is 0. The van der Waals surface area contributed by atoms with E-state index in [4.69, 9.17) is 5.11 Å². The molecule has 0 aliphatic rings. The lowest BCUT2D eigenvalue weighted by Gasteiger charge is -2.13. The molecule has 1 rings (SSSR count). The molecule has 3 nitrogen and oxygen atoms in total. The number of hydrogen-bond donors (Lipinski definition) is 1. The van der Waals surface area contributed by atoms with Crippen LogP contribution in [0.1, 0.15) is 28.8 Å². The van der Waals surface area contributed by atoms with Crippen molar-refractivity contribution < 1.29 is 27.9 Å². The average molecular weight is 325 g/mol. The summed E-state index contributed by atoms with van der Waals surface area (Å²) < 4.78 is 38.1. The highest BCUT2D eigenvalue weighted by Gasteiger charge is 2.37. The Morgan fingerprint density at radius 2 is 1.83 bits per heavy atom. The van der Waals surface area contributed by atoms with Crippen LogP contribution in [0, 0.1) is 0 Å². The minimum atomic E-state index is -4.67. The summed E-state index contributed by atoms with van der Waals surface area (Å²) in [5.41, 5.74) is -1.58. The van der Waals surface area contributed by atoms with Gasteiger partial charge in [-0.05, 0) is 6.07 Å². The van der Waals surface area contributed by atoms with E-state index in [0.29, 0.717) is 0 Å². The van der Waals surface area contributed by atoms with Crippen LogP contribution in [0.4, 0.5) is 13.2 Å². The smallest absolute Gasteiger partial charge is 0.418 e. The second kappa shape index (κ2) is 5.51. The Morgan fingerprint density at radius 1 is 1.22 bits per heavy atom. The largest absolute Gasteiger partial charge is 0.481 e. The molecule has 98 valence electrons. The minimum absolute atomic E-state index is 0.240. The Bertz CT molecular complexity index is 483. The second-order valence-electron chi connectivity index (χ2n) is 3.48. The van der Waals surface area contributed by atoms with Crippen LogP contribution in [0.2, 0.25) is 0 Å². The van der Waals surface area contributed by atoms with Gasteiger partial charge in [0.25, 0.3) is 0 Å². The van der Waals surface area contributed by atoms with Gasteiger partial charge in [0.05, 0.1) is 12.0 Å². The van der Waals surface area contributed by atoms with Gasteiger partial charge in [-0.15, -0.1) is 0 Å². The van der Waals surface area contributed by atoms with Crippen molar-refractivity contribution >= 4 is 27.7 Å². The first-order chi connectivity index (χ1) is 8.23. The van der Waals surface area contributed by atoms with Crippen LogP contribution >= 0.6 is 15.9 Å². The van der Waals surface area contributed by atoms with Crippen molar-refractivity contribution in [2.75, 3.05) is 0 Å². The van der Waals surface area contributed by atoms with Crippen molar-refractivity contribution in [2.24, 2.45) is 0 Å². The molecule has 0 fully saturated rings. The number of ketones is 1. The number of Topliss-reactive ketones (excluding diaryl/α,β-unsaturated/α-hetero) is 1. The van der Waals surface area contributed by atoms with E-state index >= 15 is 0 Å². The van der Waals surface area contributed by atoms with Gasteiger partial charge in [0.15, 0.2) is 5.78 Å². The lowest BCUT2D eigenvalue weighted by atomic mass is 10.0. The van der Waals surface area contributed by atoms with E-state index in [1.165, 1.54) is 12.1 Å². The molecule has 0 aliphatic heterocycles. The molecular weight excluding hydrogens is 317 g/mol. The maximum Gasteiger partial charge on any atom is 0.418 e. The van der Waals surface area contributed by atoms with Crippen LogP contribution in [0.15, 0.2) is 22.7 Å². The van der Waals surface area contributed by atoms with Gasteiger partial charge in [-0.25, -0.2) is 0 Å². The van der Waals surface area contributed by atoms with E-state index in [2.05, 4.69) is 15.9 Å². The van der Waals surface area contributed by atoms with Crippen LogP contribution in [-0.4, -0.2) is 16.9 Å². The predicted molar refractivity (Wildman–Crippen MR) is 60.3 cm³/mol. The molecule has 0 heterocycles. The Balaban J connectivity index is 3.13. The number of carbonyl (C=O) groups is 2. The van der Waals surface area contributed by atoms with Crippen molar-refractivity contribution in [2.45, 2.75) is 19.0 Å². The van der Waals surface area contributed by atoms with Gasteiger partial charge in [0, 0.05) is 16.5 Å². The normalized spacial score (nSPS) is 11.3. The third kappa shape index (κ3) is 3.56. The molecule has 0 unspecified atom stereocenters. The first kappa shape index (κ1) is 14.7. The number of alkyl halides is 3. The molecule has 1 aromatic carbocycles. The molecular formula is C11H8BrF3O3. The first-order valence-corrected chi connectivity index (χ1v) is 5.63. The molecule has 18 heavy (non-hydrogen) atoms. The summed E-state index contributed by atoms with van der Waals surface area (Å²) in [5.74, 6) is -2.07. The fourth-order valence-electron chi connectivity index (χ4n) is 1.40. The zero-order valence-corrected chi connectivity index (χ0v) is 10.5. The summed E-state index contributed by atoms with van der Waals surface area (Å²) in [6, 6.07) is 3.52. The van der Waals surface area contributed by atoms with Crippen molar-refractivity contribution in [1.82, 2.24) is 0 Å². The van der Waals surface area contributed by atoms with Crippen LogP contribution in [0.25, 0.3) is 0 Å². The standard InChI is InChI=1S/C11H8BrF3O3/c12-7-3-1-2-6(10(7)11(13,14)15)8(16)4-5-9(17)18/h1-3H,4-5H2,(H,17,18). The lowest BCUT2D eigenvalue weighted by molar-refractivity contribution is -0.138. The molecule has 1 aromatic rings. The highest BCUT2D eigenvalue weighted by molar-refractivity contribution is 9.10. The van der Waals surface area contributed by atoms with E-state index in [-0.39, 0.29) is 4.47 Å². The SMILES string of the molecule is O=C(O)CCC(=O)c1cccc(Br)c1C(F)(F)F. The highest BCUT2D eigenvalue weighted by atomic mass is 79.9. The number of benzene rings is 1. The molecule has 0 aliphatic carbocycles. The van der Waals surface area contributed by atoms with Crippen molar-refractivity contribution in [3.05, 3.63) is 33.8 Å². The van der Waals surface area contributed by atoms with Crippen LogP contribution in [0.3, 0.4) is 0 Å². The summed E-state index contributed by atoms with van der Waals surface area (Å²) >= 11 is 2.74. The van der Waals surface area contributed by atoms with E-state index in [1.807, 2.05) is 0 Å². The van der Waals surface area contributed by atoms with Gasteiger partial charge < -0.3 is 5.11 Å². The first-order valence-electron chi connectivity index (χ1n) is 4.84. The molecule has 0 atom stereocenters. The Hall–Kier alpha value is -1.37. The van der Waals surface area contributed by atoms with Crippen molar-refractivity contribution in [3.63, 3.8) is 0 Å². The van der Waals surface area contributed by atoms with Gasteiger partial charge in [-0.2, -0.15) is 13.2 Å². The zero-order chi connectivity index (χ0) is 13.9. The van der Waals surface area contributed by atoms with Gasteiger partial charge in [0.1, 0.15) is 0 Å². The molecule has 0 amide bonds. The van der Waals surface area contributed by atoms with Gasteiger partial charge in [0.2, 0.25) is 0 Å². The number of carboxylic acids is 1. The Morgan fingerprint density at radius 3 is 2.33 bits per heavy atom. The minimum Gasteiger partial charge on any atom is -0.481 e. The maximum atomic E-state index is 12.8. The molecule has 0 aromatic heterocycles. The number of carboxylic acid groups (broad SMARTS) is 1. The topological polar surface area (TPSA) is 54.4 Å². The number of aliphatic carboxylic acids is 1. The van der Waals surface area contributed by atoms with Crippen LogP contribution < -0.4 is 0 Å². The van der Waals surface area contributed by atoms with Gasteiger partial charge in [-0.1, -0.05) is 28.1 Å².